The van der Waals surface area contributed by atoms with Gasteiger partial charge in [0.15, 0.2) is 0 Å². The number of rotatable bonds is 5. The van der Waals surface area contributed by atoms with Crippen LogP contribution in [0.25, 0.3) is 10.8 Å². The van der Waals surface area contributed by atoms with Crippen molar-refractivity contribution in [1.29, 1.82) is 0 Å². The number of esters is 1. The smallest absolute Gasteiger partial charge is 0.310 e. The number of Topliss-reactive ketones (excluding diaryl/α,β-unsaturated/α-hetero) is 1. The van der Waals surface area contributed by atoms with Gasteiger partial charge in [-0.15, -0.1) is 0 Å². The monoisotopic (exact) mass is 284 g/mol. The third-order valence-corrected chi connectivity index (χ3v) is 3.42. The summed E-state index contributed by atoms with van der Waals surface area (Å²) >= 11 is 0. The molecule has 2 aromatic carbocycles. The van der Waals surface area contributed by atoms with Crippen LogP contribution < -0.4 is 4.74 Å². The Labute approximate surface area is 124 Å². The third kappa shape index (κ3) is 3.91. The summed E-state index contributed by atoms with van der Waals surface area (Å²) in [6, 6.07) is 11.5. The first-order valence-corrected chi connectivity index (χ1v) is 7.25. The summed E-state index contributed by atoms with van der Waals surface area (Å²) in [7, 11) is 0. The van der Waals surface area contributed by atoms with Gasteiger partial charge in [-0.25, -0.2) is 0 Å². The molecule has 0 amide bonds. The molecule has 0 heterocycles. The number of carbonyl (C=O) groups is 2. The Morgan fingerprint density at radius 3 is 2.38 bits per heavy atom. The molecule has 2 aromatic rings. The molecular formula is C18H20O3. The molecule has 0 unspecified atom stereocenters. The molecule has 0 spiro atoms. The molecule has 0 saturated heterocycles. The number of fused-ring (bicyclic) bond motifs is 1. The number of hydrogen-bond donors (Lipinski definition) is 0. The number of carbonyl (C=O) groups excluding carboxylic acids is 2. The van der Waals surface area contributed by atoms with Gasteiger partial charge in [0, 0.05) is 18.8 Å². The first kappa shape index (κ1) is 15.2. The van der Waals surface area contributed by atoms with E-state index < -0.39 is 0 Å². The SMILES string of the molecule is CCC(=O)Oc1ccc2cc(CC(=O)C(C)C)ccc2c1. The summed E-state index contributed by atoms with van der Waals surface area (Å²) in [5, 5.41) is 2.04. The van der Waals surface area contributed by atoms with Crippen LogP contribution in [0.15, 0.2) is 36.4 Å². The van der Waals surface area contributed by atoms with Gasteiger partial charge in [0.25, 0.3) is 0 Å². The maximum atomic E-state index is 11.8. The molecule has 2 rings (SSSR count). The van der Waals surface area contributed by atoms with E-state index in [2.05, 4.69) is 0 Å². The van der Waals surface area contributed by atoms with E-state index in [-0.39, 0.29) is 17.7 Å². The van der Waals surface area contributed by atoms with Gasteiger partial charge in [-0.3, -0.25) is 9.59 Å². The molecule has 0 fully saturated rings. The summed E-state index contributed by atoms with van der Waals surface area (Å²) in [5.74, 6) is 0.605. The van der Waals surface area contributed by atoms with E-state index in [1.54, 1.807) is 13.0 Å². The maximum absolute atomic E-state index is 11.8. The van der Waals surface area contributed by atoms with E-state index >= 15 is 0 Å². The van der Waals surface area contributed by atoms with Gasteiger partial charge in [-0.1, -0.05) is 45.0 Å². The fraction of sp³-hybridized carbons (Fsp3) is 0.333. The van der Waals surface area contributed by atoms with Crippen molar-refractivity contribution in [2.45, 2.75) is 33.6 Å². The van der Waals surface area contributed by atoms with Crippen LogP contribution in [-0.2, 0) is 16.0 Å². The van der Waals surface area contributed by atoms with Crippen LogP contribution in [0, 0.1) is 5.92 Å². The summed E-state index contributed by atoms with van der Waals surface area (Å²) in [4.78, 5) is 23.1. The van der Waals surface area contributed by atoms with E-state index in [4.69, 9.17) is 4.74 Å². The lowest BCUT2D eigenvalue weighted by Crippen LogP contribution is -2.10. The molecular weight excluding hydrogens is 264 g/mol. The zero-order chi connectivity index (χ0) is 15.4. The van der Waals surface area contributed by atoms with E-state index in [0.29, 0.717) is 18.6 Å². The van der Waals surface area contributed by atoms with Crippen molar-refractivity contribution in [3.05, 3.63) is 42.0 Å². The quantitative estimate of drug-likeness (QED) is 0.617. The Bertz CT molecular complexity index is 671. The van der Waals surface area contributed by atoms with Crippen molar-refractivity contribution in [2.75, 3.05) is 0 Å². The molecule has 3 nitrogen and oxygen atoms in total. The minimum absolute atomic E-state index is 0.0523. The molecule has 0 aliphatic carbocycles. The van der Waals surface area contributed by atoms with Gasteiger partial charge in [0.1, 0.15) is 11.5 Å². The summed E-state index contributed by atoms with van der Waals surface area (Å²) in [6.45, 7) is 5.59. The Balaban J connectivity index is 2.23. The molecule has 0 aliphatic rings. The molecule has 0 atom stereocenters. The molecule has 0 radical (unpaired) electrons. The predicted octanol–water partition coefficient (Wildman–Crippen LogP) is 3.92. The highest BCUT2D eigenvalue weighted by molar-refractivity contribution is 5.88. The average molecular weight is 284 g/mol. The van der Waals surface area contributed by atoms with Crippen LogP contribution in [0.1, 0.15) is 32.8 Å². The van der Waals surface area contributed by atoms with Crippen molar-refractivity contribution < 1.29 is 14.3 Å². The molecule has 0 N–H and O–H groups in total. The normalized spacial score (nSPS) is 10.9. The summed E-state index contributed by atoms with van der Waals surface area (Å²) in [6.07, 6.45) is 0.814. The van der Waals surface area contributed by atoms with Gasteiger partial charge in [-0.05, 0) is 28.5 Å². The highest BCUT2D eigenvalue weighted by atomic mass is 16.5. The highest BCUT2D eigenvalue weighted by Gasteiger charge is 2.09. The van der Waals surface area contributed by atoms with E-state index in [1.165, 1.54) is 0 Å². The fourth-order valence-electron chi connectivity index (χ4n) is 2.06. The molecule has 21 heavy (non-hydrogen) atoms. The van der Waals surface area contributed by atoms with Crippen LogP contribution >= 0.6 is 0 Å². The van der Waals surface area contributed by atoms with Gasteiger partial charge >= 0.3 is 5.97 Å². The Kier molecular flexibility index (Phi) is 4.73. The Hall–Kier alpha value is -2.16. The molecule has 0 aromatic heterocycles. The number of hydrogen-bond acceptors (Lipinski definition) is 3. The van der Waals surface area contributed by atoms with Crippen LogP contribution in [0.4, 0.5) is 0 Å². The number of ether oxygens (including phenoxy) is 1. The number of ketones is 1. The molecule has 0 bridgehead atoms. The second-order valence-electron chi connectivity index (χ2n) is 5.47. The first-order valence-electron chi connectivity index (χ1n) is 7.25. The van der Waals surface area contributed by atoms with Crippen molar-refractivity contribution in [2.24, 2.45) is 5.92 Å². The lowest BCUT2D eigenvalue weighted by molar-refractivity contribution is -0.134. The second kappa shape index (κ2) is 6.53. The first-order chi connectivity index (χ1) is 9.99. The largest absolute Gasteiger partial charge is 0.427 e. The lowest BCUT2D eigenvalue weighted by atomic mass is 9.99. The zero-order valence-corrected chi connectivity index (χ0v) is 12.7. The zero-order valence-electron chi connectivity index (χ0n) is 12.7. The van der Waals surface area contributed by atoms with Gasteiger partial charge in [0.2, 0.25) is 0 Å². The Morgan fingerprint density at radius 2 is 1.71 bits per heavy atom. The predicted molar refractivity (Wildman–Crippen MR) is 83.4 cm³/mol. The summed E-state index contributed by atoms with van der Waals surface area (Å²) < 4.78 is 5.20. The van der Waals surface area contributed by atoms with Crippen LogP contribution in [-0.4, -0.2) is 11.8 Å². The van der Waals surface area contributed by atoms with Crippen LogP contribution in [0.2, 0.25) is 0 Å². The van der Waals surface area contributed by atoms with E-state index in [9.17, 15) is 9.59 Å². The van der Waals surface area contributed by atoms with E-state index in [0.717, 1.165) is 16.3 Å². The van der Waals surface area contributed by atoms with Gasteiger partial charge in [-0.2, -0.15) is 0 Å². The lowest BCUT2D eigenvalue weighted by Gasteiger charge is -2.07. The minimum Gasteiger partial charge on any atom is -0.427 e. The fourth-order valence-corrected chi connectivity index (χ4v) is 2.06. The summed E-state index contributed by atoms with van der Waals surface area (Å²) in [5.41, 5.74) is 1.01. The maximum Gasteiger partial charge on any atom is 0.310 e. The van der Waals surface area contributed by atoms with Gasteiger partial charge < -0.3 is 4.74 Å². The molecule has 110 valence electrons. The topological polar surface area (TPSA) is 43.4 Å². The second-order valence-corrected chi connectivity index (χ2v) is 5.47. The third-order valence-electron chi connectivity index (χ3n) is 3.42. The highest BCUT2D eigenvalue weighted by Crippen LogP contribution is 2.23. The van der Waals surface area contributed by atoms with Crippen molar-refractivity contribution >= 4 is 22.5 Å². The van der Waals surface area contributed by atoms with Crippen LogP contribution in [0.3, 0.4) is 0 Å². The minimum atomic E-state index is -0.242. The Morgan fingerprint density at radius 1 is 1.05 bits per heavy atom. The van der Waals surface area contributed by atoms with Crippen LogP contribution in [0.5, 0.6) is 5.75 Å². The standard InChI is InChI=1S/C18H20O3/c1-4-18(20)21-16-8-7-14-9-13(5-6-15(14)11-16)10-17(19)12(2)3/h5-9,11-12H,4,10H2,1-3H3. The van der Waals surface area contributed by atoms with Crippen molar-refractivity contribution in [3.8, 4) is 5.75 Å². The molecule has 3 heteroatoms. The number of benzene rings is 2. The molecule has 0 saturated carbocycles. The average Bonchev–Trinajstić information content (AvgIpc) is 2.47. The van der Waals surface area contributed by atoms with Crippen molar-refractivity contribution in [3.63, 3.8) is 0 Å². The van der Waals surface area contributed by atoms with Gasteiger partial charge in [0.05, 0.1) is 0 Å². The molecule has 0 aliphatic heterocycles. The van der Waals surface area contributed by atoms with E-state index in [1.807, 2.05) is 44.2 Å². The van der Waals surface area contributed by atoms with Crippen molar-refractivity contribution in [1.82, 2.24) is 0 Å².